The van der Waals surface area contributed by atoms with Gasteiger partial charge in [-0.3, -0.25) is 9.59 Å². The number of carbonyl (C=O) groups excluding carboxylic acids is 2. The van der Waals surface area contributed by atoms with E-state index in [0.29, 0.717) is 23.5 Å². The van der Waals surface area contributed by atoms with Crippen molar-refractivity contribution in [1.82, 2.24) is 9.97 Å². The van der Waals surface area contributed by atoms with Crippen molar-refractivity contribution in [3.05, 3.63) is 78.3 Å². The predicted octanol–water partition coefficient (Wildman–Crippen LogP) is 4.16. The molecule has 1 fully saturated rings. The zero-order valence-corrected chi connectivity index (χ0v) is 18.3. The molecule has 172 valence electrons. The van der Waals surface area contributed by atoms with Crippen molar-refractivity contribution in [1.29, 1.82) is 0 Å². The molecule has 0 atom stereocenters. The Hall–Kier alpha value is -4.27. The standard InChI is InChI=1S/C25H23FN6O2/c1-2-21(33)32-14-25(10-3-11-25)18-9-8-17(12-20(18)32)29-23-19(26)13-28-24(31-23)30-16-6-4-15(5-7-16)22(27)34/h2,4-9,12-13H,1,3,10-11,14H2,(H2,27,34)(H2,28,29,30,31). The van der Waals surface area contributed by atoms with E-state index in [9.17, 15) is 14.0 Å². The molecule has 2 amide bonds. The van der Waals surface area contributed by atoms with Crippen molar-refractivity contribution in [3.63, 3.8) is 0 Å². The first-order valence-corrected chi connectivity index (χ1v) is 10.9. The quantitative estimate of drug-likeness (QED) is 0.478. The lowest BCUT2D eigenvalue weighted by Crippen LogP contribution is -2.40. The summed E-state index contributed by atoms with van der Waals surface area (Å²) in [5.74, 6) is -1.13. The normalized spacial score (nSPS) is 15.4. The number of benzene rings is 2. The Morgan fingerprint density at radius 3 is 2.50 bits per heavy atom. The average Bonchev–Trinajstić information content (AvgIpc) is 3.16. The molecular weight excluding hydrogens is 435 g/mol. The van der Waals surface area contributed by atoms with Crippen LogP contribution in [0, 0.1) is 5.82 Å². The van der Waals surface area contributed by atoms with Crippen LogP contribution in [0.3, 0.4) is 0 Å². The van der Waals surface area contributed by atoms with Gasteiger partial charge >= 0.3 is 0 Å². The maximum atomic E-state index is 14.5. The van der Waals surface area contributed by atoms with Crippen LogP contribution in [0.5, 0.6) is 0 Å². The number of fused-ring (bicyclic) bond motifs is 2. The minimum atomic E-state index is -0.621. The molecular formula is C25H23FN6O2. The van der Waals surface area contributed by atoms with Gasteiger partial charge in [-0.1, -0.05) is 19.1 Å². The number of nitrogens with one attached hydrogen (secondary N) is 2. The van der Waals surface area contributed by atoms with Crippen LogP contribution in [0.4, 0.5) is 33.2 Å². The van der Waals surface area contributed by atoms with E-state index in [0.717, 1.165) is 36.7 Å². The molecule has 0 unspecified atom stereocenters. The Kier molecular flexibility index (Phi) is 5.24. The number of anilines is 5. The van der Waals surface area contributed by atoms with Gasteiger partial charge in [0.1, 0.15) is 0 Å². The molecule has 0 radical (unpaired) electrons. The van der Waals surface area contributed by atoms with Crippen LogP contribution < -0.4 is 21.3 Å². The first-order valence-electron chi connectivity index (χ1n) is 10.9. The summed E-state index contributed by atoms with van der Waals surface area (Å²) < 4.78 is 14.5. The highest BCUT2D eigenvalue weighted by molar-refractivity contribution is 6.03. The second kappa shape index (κ2) is 8.26. The van der Waals surface area contributed by atoms with Gasteiger partial charge in [-0.05, 0) is 60.9 Å². The second-order valence-corrected chi connectivity index (χ2v) is 8.58. The molecule has 2 heterocycles. The van der Waals surface area contributed by atoms with Gasteiger partial charge in [0.25, 0.3) is 0 Å². The Balaban J connectivity index is 1.40. The first kappa shape index (κ1) is 21.6. The topological polar surface area (TPSA) is 113 Å². The van der Waals surface area contributed by atoms with Crippen LogP contribution in [-0.4, -0.2) is 28.3 Å². The van der Waals surface area contributed by atoms with E-state index >= 15 is 0 Å². The maximum absolute atomic E-state index is 14.5. The van der Waals surface area contributed by atoms with Crippen LogP contribution in [-0.2, 0) is 10.2 Å². The molecule has 0 bridgehead atoms. The fourth-order valence-corrected chi connectivity index (χ4v) is 4.59. The van der Waals surface area contributed by atoms with E-state index in [1.54, 1.807) is 29.2 Å². The SMILES string of the molecule is C=CC(=O)N1CC2(CCC2)c2ccc(Nc3nc(Nc4ccc(C(N)=O)cc4)ncc3F)cc21. The molecule has 1 saturated carbocycles. The third-order valence-electron chi connectivity index (χ3n) is 6.50. The third-order valence-corrected chi connectivity index (χ3v) is 6.50. The fourth-order valence-electron chi connectivity index (χ4n) is 4.59. The highest BCUT2D eigenvalue weighted by atomic mass is 19.1. The van der Waals surface area contributed by atoms with Crippen LogP contribution in [0.1, 0.15) is 35.2 Å². The van der Waals surface area contributed by atoms with Crippen LogP contribution in [0.25, 0.3) is 0 Å². The number of nitrogens with zero attached hydrogens (tertiary/aromatic N) is 3. The summed E-state index contributed by atoms with van der Waals surface area (Å²) in [7, 11) is 0. The average molecular weight is 458 g/mol. The minimum Gasteiger partial charge on any atom is -0.366 e. The lowest BCUT2D eigenvalue weighted by atomic mass is 9.66. The highest BCUT2D eigenvalue weighted by Crippen LogP contribution is 2.53. The van der Waals surface area contributed by atoms with E-state index in [1.807, 2.05) is 18.2 Å². The van der Waals surface area contributed by atoms with Gasteiger partial charge in [0.2, 0.25) is 17.8 Å². The van der Waals surface area contributed by atoms with Gasteiger partial charge in [0, 0.05) is 34.6 Å². The lowest BCUT2D eigenvalue weighted by molar-refractivity contribution is -0.114. The number of rotatable bonds is 6. The Morgan fingerprint density at radius 1 is 1.12 bits per heavy atom. The third kappa shape index (κ3) is 3.75. The van der Waals surface area contributed by atoms with Crippen LogP contribution in [0.2, 0.25) is 0 Å². The molecule has 2 aliphatic rings. The van der Waals surface area contributed by atoms with Gasteiger partial charge in [0.15, 0.2) is 11.6 Å². The molecule has 1 aliphatic carbocycles. The van der Waals surface area contributed by atoms with Crippen molar-refractivity contribution < 1.29 is 14.0 Å². The number of carbonyl (C=O) groups is 2. The first-order chi connectivity index (χ1) is 16.4. The van der Waals surface area contributed by atoms with E-state index in [1.165, 1.54) is 6.08 Å². The molecule has 1 aromatic heterocycles. The molecule has 34 heavy (non-hydrogen) atoms. The largest absolute Gasteiger partial charge is 0.366 e. The van der Waals surface area contributed by atoms with Crippen molar-refractivity contribution in [3.8, 4) is 0 Å². The van der Waals surface area contributed by atoms with Crippen molar-refractivity contribution in [2.75, 3.05) is 22.1 Å². The van der Waals surface area contributed by atoms with E-state index in [4.69, 9.17) is 5.73 Å². The van der Waals surface area contributed by atoms with Crippen molar-refractivity contribution >= 4 is 40.6 Å². The molecule has 3 aromatic rings. The number of amides is 2. The molecule has 4 N–H and O–H groups in total. The molecule has 1 aliphatic heterocycles. The monoisotopic (exact) mass is 458 g/mol. The number of aromatic nitrogens is 2. The summed E-state index contributed by atoms with van der Waals surface area (Å²) in [5, 5.41) is 5.98. The fraction of sp³-hybridized carbons (Fsp3) is 0.200. The summed E-state index contributed by atoms with van der Waals surface area (Å²) >= 11 is 0. The molecule has 0 saturated heterocycles. The molecule has 1 spiro atoms. The summed E-state index contributed by atoms with van der Waals surface area (Å²) in [6, 6.07) is 12.2. The van der Waals surface area contributed by atoms with Gasteiger partial charge in [-0.2, -0.15) is 4.98 Å². The molecule has 2 aromatic carbocycles. The van der Waals surface area contributed by atoms with E-state index in [-0.39, 0.29) is 23.1 Å². The highest BCUT2D eigenvalue weighted by Gasteiger charge is 2.48. The number of nitrogens with two attached hydrogens (primary N) is 1. The van der Waals surface area contributed by atoms with E-state index in [2.05, 4.69) is 27.2 Å². The van der Waals surface area contributed by atoms with Gasteiger partial charge in [-0.15, -0.1) is 0 Å². The van der Waals surface area contributed by atoms with Crippen molar-refractivity contribution in [2.45, 2.75) is 24.7 Å². The molecule has 8 nitrogen and oxygen atoms in total. The zero-order valence-electron chi connectivity index (χ0n) is 18.3. The summed E-state index contributed by atoms with van der Waals surface area (Å²) in [6.07, 6.45) is 5.62. The number of hydrogen-bond acceptors (Lipinski definition) is 6. The second-order valence-electron chi connectivity index (χ2n) is 8.58. The predicted molar refractivity (Wildman–Crippen MR) is 128 cm³/mol. The van der Waals surface area contributed by atoms with Crippen LogP contribution in [0.15, 0.2) is 61.3 Å². The Morgan fingerprint density at radius 2 is 1.85 bits per heavy atom. The lowest BCUT2D eigenvalue weighted by Gasteiger charge is -2.38. The summed E-state index contributed by atoms with van der Waals surface area (Å²) in [6.45, 7) is 4.27. The number of hydrogen-bond donors (Lipinski definition) is 3. The minimum absolute atomic E-state index is 0.00779. The smallest absolute Gasteiger partial charge is 0.250 e. The molecule has 5 rings (SSSR count). The maximum Gasteiger partial charge on any atom is 0.250 e. The summed E-state index contributed by atoms with van der Waals surface area (Å²) in [5.41, 5.74) is 8.82. The summed E-state index contributed by atoms with van der Waals surface area (Å²) in [4.78, 5) is 33.7. The Bertz CT molecular complexity index is 1300. The number of primary amides is 1. The van der Waals surface area contributed by atoms with E-state index < -0.39 is 11.7 Å². The van der Waals surface area contributed by atoms with Crippen LogP contribution >= 0.6 is 0 Å². The Labute approximate surface area is 195 Å². The van der Waals surface area contributed by atoms with Gasteiger partial charge in [0.05, 0.1) is 6.20 Å². The van der Waals surface area contributed by atoms with Gasteiger partial charge < -0.3 is 21.3 Å². The van der Waals surface area contributed by atoms with Gasteiger partial charge in [-0.25, -0.2) is 9.37 Å². The zero-order chi connectivity index (χ0) is 23.9. The van der Waals surface area contributed by atoms with Crippen molar-refractivity contribution in [2.24, 2.45) is 5.73 Å². The molecule has 9 heteroatoms. The number of halogens is 1.